The summed E-state index contributed by atoms with van der Waals surface area (Å²) in [4.78, 5) is 0. The van der Waals surface area contributed by atoms with E-state index in [1.54, 1.807) is 0 Å². The number of aliphatic hydroxyl groups is 1. The molecule has 1 aliphatic rings. The van der Waals surface area contributed by atoms with E-state index in [-0.39, 0.29) is 5.92 Å². The van der Waals surface area contributed by atoms with Crippen LogP contribution in [0.25, 0.3) is 0 Å². The summed E-state index contributed by atoms with van der Waals surface area (Å²) in [5, 5.41) is 10.1. The second kappa shape index (κ2) is 5.31. The first-order valence-corrected chi connectivity index (χ1v) is 6.31. The van der Waals surface area contributed by atoms with Crippen LogP contribution in [0.1, 0.15) is 44.3 Å². The van der Waals surface area contributed by atoms with Gasteiger partial charge in [-0.1, -0.05) is 19.8 Å². The summed E-state index contributed by atoms with van der Waals surface area (Å²) >= 11 is 0. The van der Waals surface area contributed by atoms with Crippen LogP contribution in [-0.4, -0.2) is 5.11 Å². The molecular formula is C14H17F3O. The fraction of sp³-hybridized carbons (Fsp3) is 0.571. The summed E-state index contributed by atoms with van der Waals surface area (Å²) in [5.41, 5.74) is -0.393. The van der Waals surface area contributed by atoms with E-state index in [9.17, 15) is 18.3 Å². The Bertz CT molecular complexity index is 402. The van der Waals surface area contributed by atoms with Gasteiger partial charge in [-0.05, 0) is 24.7 Å². The van der Waals surface area contributed by atoms with E-state index in [2.05, 4.69) is 6.92 Å². The van der Waals surface area contributed by atoms with Gasteiger partial charge in [-0.3, -0.25) is 0 Å². The van der Waals surface area contributed by atoms with E-state index in [4.69, 9.17) is 0 Å². The standard InChI is InChI=1S/C14H17F3O/c1-8-2-4-9(5-3-8)14(18)13-11(16)6-10(15)7-12(13)17/h6-9,14,18H,2-5H2,1H3. The van der Waals surface area contributed by atoms with Crippen molar-refractivity contribution < 1.29 is 18.3 Å². The third-order valence-electron chi connectivity index (χ3n) is 3.85. The summed E-state index contributed by atoms with van der Waals surface area (Å²) < 4.78 is 39.9. The third-order valence-corrected chi connectivity index (χ3v) is 3.85. The Morgan fingerprint density at radius 2 is 1.56 bits per heavy atom. The summed E-state index contributed by atoms with van der Waals surface area (Å²) in [6, 6.07) is 1.24. The van der Waals surface area contributed by atoms with Crippen LogP contribution >= 0.6 is 0 Å². The molecule has 0 aromatic heterocycles. The van der Waals surface area contributed by atoms with Crippen molar-refractivity contribution in [1.29, 1.82) is 0 Å². The summed E-state index contributed by atoms with van der Waals surface area (Å²) in [5.74, 6) is -2.51. The van der Waals surface area contributed by atoms with Crippen molar-refractivity contribution in [2.24, 2.45) is 11.8 Å². The Kier molecular flexibility index (Phi) is 3.95. The smallest absolute Gasteiger partial charge is 0.134 e. The van der Waals surface area contributed by atoms with Crippen LogP contribution in [0.4, 0.5) is 13.2 Å². The molecule has 0 spiro atoms. The van der Waals surface area contributed by atoms with Gasteiger partial charge >= 0.3 is 0 Å². The Morgan fingerprint density at radius 3 is 2.06 bits per heavy atom. The molecule has 100 valence electrons. The van der Waals surface area contributed by atoms with Gasteiger partial charge in [0.05, 0.1) is 11.7 Å². The molecule has 4 heteroatoms. The average Bonchev–Trinajstić information content (AvgIpc) is 2.28. The molecule has 0 amide bonds. The molecule has 0 saturated heterocycles. The average molecular weight is 258 g/mol. The quantitative estimate of drug-likeness (QED) is 0.851. The summed E-state index contributed by atoms with van der Waals surface area (Å²) in [7, 11) is 0. The highest BCUT2D eigenvalue weighted by Gasteiger charge is 2.29. The van der Waals surface area contributed by atoms with E-state index in [0.717, 1.165) is 25.7 Å². The van der Waals surface area contributed by atoms with Crippen molar-refractivity contribution in [3.8, 4) is 0 Å². The molecule has 1 atom stereocenters. The molecule has 1 saturated carbocycles. The molecule has 1 aromatic rings. The lowest BCUT2D eigenvalue weighted by molar-refractivity contribution is 0.0693. The van der Waals surface area contributed by atoms with Gasteiger partial charge in [-0.25, -0.2) is 13.2 Å². The number of hydrogen-bond donors (Lipinski definition) is 1. The van der Waals surface area contributed by atoms with Crippen LogP contribution in [0.2, 0.25) is 0 Å². The highest BCUT2D eigenvalue weighted by molar-refractivity contribution is 5.23. The second-order valence-electron chi connectivity index (χ2n) is 5.25. The van der Waals surface area contributed by atoms with Crippen LogP contribution in [-0.2, 0) is 0 Å². The fourth-order valence-electron chi connectivity index (χ4n) is 2.67. The highest BCUT2D eigenvalue weighted by Crippen LogP contribution is 2.38. The predicted molar refractivity (Wildman–Crippen MR) is 62.4 cm³/mol. The van der Waals surface area contributed by atoms with Crippen LogP contribution < -0.4 is 0 Å². The highest BCUT2D eigenvalue weighted by atomic mass is 19.1. The molecule has 1 unspecified atom stereocenters. The summed E-state index contributed by atoms with van der Waals surface area (Å²) in [6.07, 6.45) is 2.22. The Labute approximate surface area is 105 Å². The van der Waals surface area contributed by atoms with Crippen molar-refractivity contribution in [2.75, 3.05) is 0 Å². The Hall–Kier alpha value is -1.03. The molecule has 1 fully saturated rings. The SMILES string of the molecule is CC1CCC(C(O)c2c(F)cc(F)cc2F)CC1. The zero-order valence-electron chi connectivity index (χ0n) is 10.3. The van der Waals surface area contributed by atoms with Gasteiger partial charge < -0.3 is 5.11 Å². The van der Waals surface area contributed by atoms with Gasteiger partial charge in [-0.15, -0.1) is 0 Å². The van der Waals surface area contributed by atoms with E-state index >= 15 is 0 Å². The molecule has 1 N–H and O–H groups in total. The van der Waals surface area contributed by atoms with Gasteiger partial charge in [0.15, 0.2) is 0 Å². The minimum atomic E-state index is -1.18. The number of hydrogen-bond acceptors (Lipinski definition) is 1. The first-order chi connectivity index (χ1) is 8.49. The maximum atomic E-state index is 13.6. The lowest BCUT2D eigenvalue weighted by Crippen LogP contribution is -2.21. The first-order valence-electron chi connectivity index (χ1n) is 6.31. The van der Waals surface area contributed by atoms with Gasteiger partial charge in [-0.2, -0.15) is 0 Å². The van der Waals surface area contributed by atoms with Gasteiger partial charge in [0.25, 0.3) is 0 Å². The topological polar surface area (TPSA) is 20.2 Å². The number of halogens is 3. The van der Waals surface area contributed by atoms with Gasteiger partial charge in [0.2, 0.25) is 0 Å². The molecule has 0 aliphatic heterocycles. The predicted octanol–water partition coefficient (Wildman–Crippen LogP) is 3.96. The number of aliphatic hydroxyl groups excluding tert-OH is 1. The van der Waals surface area contributed by atoms with Crippen molar-refractivity contribution in [1.82, 2.24) is 0 Å². The minimum absolute atomic E-state index is 0.143. The number of benzene rings is 1. The zero-order valence-corrected chi connectivity index (χ0v) is 10.3. The fourth-order valence-corrected chi connectivity index (χ4v) is 2.67. The van der Waals surface area contributed by atoms with Gasteiger partial charge in [0.1, 0.15) is 17.5 Å². The third kappa shape index (κ3) is 2.69. The molecule has 1 nitrogen and oxygen atoms in total. The molecule has 1 aliphatic carbocycles. The van der Waals surface area contributed by atoms with Gasteiger partial charge in [0, 0.05) is 12.1 Å². The lowest BCUT2D eigenvalue weighted by Gasteiger charge is -2.30. The normalized spacial score (nSPS) is 26.1. The van der Waals surface area contributed by atoms with Crippen LogP contribution in [0.15, 0.2) is 12.1 Å². The first kappa shape index (κ1) is 13.4. The van der Waals surface area contributed by atoms with Crippen molar-refractivity contribution >= 4 is 0 Å². The van der Waals surface area contributed by atoms with E-state index < -0.39 is 29.1 Å². The lowest BCUT2D eigenvalue weighted by atomic mass is 9.78. The zero-order chi connectivity index (χ0) is 13.3. The van der Waals surface area contributed by atoms with Crippen LogP contribution in [0, 0.1) is 29.3 Å². The second-order valence-corrected chi connectivity index (χ2v) is 5.25. The van der Waals surface area contributed by atoms with Crippen molar-refractivity contribution in [3.63, 3.8) is 0 Å². The molecule has 1 aromatic carbocycles. The maximum absolute atomic E-state index is 13.6. The monoisotopic (exact) mass is 258 g/mol. The van der Waals surface area contributed by atoms with Crippen molar-refractivity contribution in [2.45, 2.75) is 38.7 Å². The molecule has 0 bridgehead atoms. The largest absolute Gasteiger partial charge is 0.388 e. The van der Waals surface area contributed by atoms with E-state index in [0.29, 0.717) is 18.1 Å². The molecular weight excluding hydrogens is 241 g/mol. The van der Waals surface area contributed by atoms with Crippen LogP contribution in [0.3, 0.4) is 0 Å². The number of rotatable bonds is 2. The molecule has 2 rings (SSSR count). The Morgan fingerprint density at radius 1 is 1.06 bits per heavy atom. The maximum Gasteiger partial charge on any atom is 0.134 e. The summed E-state index contributed by atoms with van der Waals surface area (Å²) in [6.45, 7) is 2.13. The van der Waals surface area contributed by atoms with E-state index in [1.807, 2.05) is 0 Å². The van der Waals surface area contributed by atoms with Crippen LogP contribution in [0.5, 0.6) is 0 Å². The Balaban J connectivity index is 2.21. The minimum Gasteiger partial charge on any atom is -0.388 e. The molecule has 0 radical (unpaired) electrons. The van der Waals surface area contributed by atoms with E-state index in [1.165, 1.54) is 0 Å². The van der Waals surface area contributed by atoms with Crippen molar-refractivity contribution in [3.05, 3.63) is 35.1 Å². The molecule has 0 heterocycles. The molecule has 18 heavy (non-hydrogen) atoms.